The molecule has 3 aliphatic heterocycles. The molecule has 2 atom stereocenters. The minimum Gasteiger partial charge on any atom is -0.478 e. The maximum absolute atomic E-state index is 13.5. The summed E-state index contributed by atoms with van der Waals surface area (Å²) in [5, 5.41) is 15.8. The number of rotatable bonds is 9. The van der Waals surface area contributed by atoms with Gasteiger partial charge < -0.3 is 24.8 Å². The van der Waals surface area contributed by atoms with Gasteiger partial charge in [-0.3, -0.25) is 14.8 Å². The second-order valence-electron chi connectivity index (χ2n) is 11.8. The molecule has 2 fully saturated rings. The lowest BCUT2D eigenvalue weighted by Crippen LogP contribution is -2.53. The van der Waals surface area contributed by atoms with Gasteiger partial charge in [-0.25, -0.2) is 19.4 Å². The molecule has 7 rings (SSSR count). The number of methoxy groups -OCH3 is 1. The number of ether oxygens (including phenoxy) is 2. The number of amides is 2. The topological polar surface area (TPSA) is 137 Å². The van der Waals surface area contributed by atoms with Gasteiger partial charge in [-0.15, -0.1) is 11.3 Å². The van der Waals surface area contributed by atoms with E-state index in [-0.39, 0.29) is 17.6 Å². The van der Waals surface area contributed by atoms with Crippen LogP contribution in [0.3, 0.4) is 0 Å². The SMILES string of the molecule is COC(=O)C1=C(CN2CCN3C(=O)N(c4ccc(Oc5ccc(C(=O)O)cc5)cc4)C[C@@H]3C2)NC(c2nccs2)=N[C@H]1c1ccc(Cl)cc1Cl. The molecule has 0 spiro atoms. The number of piperazine rings is 1. The number of aromatic nitrogens is 1. The fourth-order valence-corrected chi connectivity index (χ4v) is 7.42. The summed E-state index contributed by atoms with van der Waals surface area (Å²) < 4.78 is 11.1. The maximum atomic E-state index is 13.5. The third kappa shape index (κ3) is 6.77. The Morgan fingerprint density at radius 3 is 2.42 bits per heavy atom. The number of hydrogen-bond donors (Lipinski definition) is 2. The van der Waals surface area contributed by atoms with E-state index in [1.165, 1.54) is 30.6 Å². The quantitative estimate of drug-likeness (QED) is 0.196. The molecule has 3 aromatic carbocycles. The van der Waals surface area contributed by atoms with E-state index in [1.807, 2.05) is 22.4 Å². The molecular formula is C35H30Cl2N6O6S. The highest BCUT2D eigenvalue weighted by Gasteiger charge is 2.42. The standard InChI is InChI=1S/C35H30Cl2N6O6S/c1-48-34(46)29-28(39-31(32-38-12-15-50-32)40-30(29)26-11-4-21(36)16-27(26)37)19-41-13-14-42-23(17-41)18-43(35(42)47)22-5-9-25(10-6-22)49-24-7-2-20(3-8-24)33(44)45/h2-12,15-16,23,30H,13-14,17-19H2,1H3,(H,39,40)(H,44,45)/t23-,30-/m0/s1. The van der Waals surface area contributed by atoms with Crippen molar-refractivity contribution in [2.45, 2.75) is 12.1 Å². The summed E-state index contributed by atoms with van der Waals surface area (Å²) in [5.74, 6) is 0.0386. The maximum Gasteiger partial charge on any atom is 0.338 e. The van der Waals surface area contributed by atoms with Crippen LogP contribution in [0.4, 0.5) is 10.5 Å². The molecule has 2 amide bonds. The fraction of sp³-hybridized carbons (Fsp3) is 0.229. The zero-order chi connectivity index (χ0) is 34.9. The zero-order valence-corrected chi connectivity index (χ0v) is 28.9. The summed E-state index contributed by atoms with van der Waals surface area (Å²) >= 11 is 14.3. The number of thiazole rings is 1. The number of halogens is 2. The average Bonchev–Trinajstić information content (AvgIpc) is 3.77. The van der Waals surface area contributed by atoms with Crippen molar-refractivity contribution in [3.05, 3.63) is 116 Å². The largest absolute Gasteiger partial charge is 0.478 e. The monoisotopic (exact) mass is 732 g/mol. The number of amidine groups is 1. The van der Waals surface area contributed by atoms with Gasteiger partial charge in [0.15, 0.2) is 10.8 Å². The van der Waals surface area contributed by atoms with Crippen molar-refractivity contribution in [1.29, 1.82) is 0 Å². The van der Waals surface area contributed by atoms with Crippen LogP contribution in [-0.2, 0) is 9.53 Å². The van der Waals surface area contributed by atoms with Crippen LogP contribution in [0.1, 0.15) is 27.0 Å². The van der Waals surface area contributed by atoms with Crippen LogP contribution in [0.25, 0.3) is 0 Å². The number of aromatic carboxylic acids is 1. The number of urea groups is 1. The molecule has 12 nitrogen and oxygen atoms in total. The minimum atomic E-state index is -1.01. The first-order valence-corrected chi connectivity index (χ1v) is 17.2. The number of nitrogens with zero attached hydrogens (tertiary/aromatic N) is 5. The number of carboxylic acid groups (broad SMARTS) is 1. The van der Waals surface area contributed by atoms with Crippen LogP contribution in [-0.4, -0.2) is 89.6 Å². The molecule has 4 heterocycles. The lowest BCUT2D eigenvalue weighted by Gasteiger charge is -2.38. The molecular weight excluding hydrogens is 703 g/mol. The van der Waals surface area contributed by atoms with Crippen LogP contribution < -0.4 is 15.0 Å². The highest BCUT2D eigenvalue weighted by atomic mass is 35.5. The van der Waals surface area contributed by atoms with Gasteiger partial charge in [0.2, 0.25) is 0 Å². The van der Waals surface area contributed by atoms with Crippen LogP contribution in [0.5, 0.6) is 11.5 Å². The van der Waals surface area contributed by atoms with E-state index in [0.29, 0.717) is 81.9 Å². The Bertz CT molecular complexity index is 2000. The number of benzene rings is 3. The van der Waals surface area contributed by atoms with Gasteiger partial charge in [0.25, 0.3) is 0 Å². The Morgan fingerprint density at radius 2 is 1.76 bits per heavy atom. The number of carbonyl (C=O) groups is 3. The van der Waals surface area contributed by atoms with Crippen molar-refractivity contribution in [2.24, 2.45) is 4.99 Å². The average molecular weight is 734 g/mol. The lowest BCUT2D eigenvalue weighted by molar-refractivity contribution is -0.136. The third-order valence-electron chi connectivity index (χ3n) is 8.73. The number of carboxylic acids is 1. The Morgan fingerprint density at radius 1 is 1.02 bits per heavy atom. The normalized spacial score (nSPS) is 19.2. The van der Waals surface area contributed by atoms with Crippen LogP contribution in [0, 0.1) is 0 Å². The van der Waals surface area contributed by atoms with Gasteiger partial charge in [-0.05, 0) is 60.7 Å². The smallest absolute Gasteiger partial charge is 0.338 e. The minimum absolute atomic E-state index is 0.0755. The molecule has 0 saturated carbocycles. The first-order chi connectivity index (χ1) is 24.2. The van der Waals surface area contributed by atoms with E-state index in [0.717, 1.165) is 5.69 Å². The van der Waals surface area contributed by atoms with E-state index < -0.39 is 18.0 Å². The predicted molar refractivity (Wildman–Crippen MR) is 190 cm³/mol. The van der Waals surface area contributed by atoms with Crippen molar-refractivity contribution >= 4 is 64.0 Å². The first-order valence-electron chi connectivity index (χ1n) is 15.6. The molecule has 0 unspecified atom stereocenters. The van der Waals surface area contributed by atoms with Crippen LogP contribution >= 0.6 is 34.5 Å². The summed E-state index contributed by atoms with van der Waals surface area (Å²) in [6, 6.07) is 17.5. The van der Waals surface area contributed by atoms with E-state index in [4.69, 9.17) is 42.8 Å². The van der Waals surface area contributed by atoms with E-state index in [9.17, 15) is 14.4 Å². The number of hydrogen-bond acceptors (Lipinski definition) is 10. The number of esters is 1. The number of carbonyl (C=O) groups excluding carboxylic acids is 2. The highest BCUT2D eigenvalue weighted by molar-refractivity contribution is 7.11. The fourth-order valence-electron chi connectivity index (χ4n) is 6.32. The Hall–Kier alpha value is -4.95. The second kappa shape index (κ2) is 14.1. The summed E-state index contributed by atoms with van der Waals surface area (Å²) in [7, 11) is 1.34. The molecule has 2 saturated heterocycles. The number of nitrogens with one attached hydrogen (secondary N) is 1. The van der Waals surface area contributed by atoms with Crippen LogP contribution in [0.15, 0.2) is 94.6 Å². The molecule has 0 radical (unpaired) electrons. The Labute approximate surface area is 301 Å². The highest BCUT2D eigenvalue weighted by Crippen LogP contribution is 2.38. The molecule has 4 aromatic rings. The van der Waals surface area contributed by atoms with Gasteiger partial charge >= 0.3 is 18.0 Å². The number of aliphatic imine (C=N–C) groups is 1. The summed E-state index contributed by atoms with van der Waals surface area (Å²) in [6.45, 7) is 2.52. The van der Waals surface area contributed by atoms with Crippen LogP contribution in [0.2, 0.25) is 10.0 Å². The van der Waals surface area contributed by atoms with Crippen molar-refractivity contribution in [3.8, 4) is 11.5 Å². The Kier molecular flexibility index (Phi) is 9.47. The van der Waals surface area contributed by atoms with E-state index in [1.54, 1.807) is 53.6 Å². The van der Waals surface area contributed by atoms with Crippen molar-refractivity contribution in [2.75, 3.05) is 44.7 Å². The molecule has 2 N–H and O–H groups in total. The molecule has 3 aliphatic rings. The first kappa shape index (κ1) is 33.5. The molecule has 256 valence electrons. The van der Waals surface area contributed by atoms with Crippen molar-refractivity contribution < 1.29 is 29.0 Å². The number of fused-ring (bicyclic) bond motifs is 1. The third-order valence-corrected chi connectivity index (χ3v) is 10.1. The molecule has 50 heavy (non-hydrogen) atoms. The van der Waals surface area contributed by atoms with E-state index in [2.05, 4.69) is 15.2 Å². The summed E-state index contributed by atoms with van der Waals surface area (Å²) in [4.78, 5) is 53.2. The molecule has 15 heteroatoms. The lowest BCUT2D eigenvalue weighted by atomic mass is 9.95. The van der Waals surface area contributed by atoms with Gasteiger partial charge in [-0.2, -0.15) is 0 Å². The molecule has 0 bridgehead atoms. The zero-order valence-electron chi connectivity index (χ0n) is 26.6. The molecule has 0 aliphatic carbocycles. The van der Waals surface area contributed by atoms with Crippen molar-refractivity contribution in [1.82, 2.24) is 20.1 Å². The number of anilines is 1. The van der Waals surface area contributed by atoms with Gasteiger partial charge in [-0.1, -0.05) is 29.3 Å². The second-order valence-corrected chi connectivity index (χ2v) is 13.5. The summed E-state index contributed by atoms with van der Waals surface area (Å²) in [6.07, 6.45) is 1.69. The summed E-state index contributed by atoms with van der Waals surface area (Å²) in [5.41, 5.74) is 2.48. The van der Waals surface area contributed by atoms with Gasteiger partial charge in [0.1, 0.15) is 17.5 Å². The van der Waals surface area contributed by atoms with Crippen molar-refractivity contribution in [3.63, 3.8) is 0 Å². The predicted octanol–water partition coefficient (Wildman–Crippen LogP) is 6.09. The Balaban J connectivity index is 1.09. The van der Waals surface area contributed by atoms with Gasteiger partial charge in [0.05, 0.1) is 24.3 Å². The van der Waals surface area contributed by atoms with Gasteiger partial charge in [0, 0.05) is 71.3 Å². The van der Waals surface area contributed by atoms with E-state index >= 15 is 0 Å². The molecule has 1 aromatic heterocycles.